The summed E-state index contributed by atoms with van der Waals surface area (Å²) < 4.78 is 4.83. The molecule has 0 radical (unpaired) electrons. The van der Waals surface area contributed by atoms with E-state index in [0.29, 0.717) is 0 Å². The van der Waals surface area contributed by atoms with Crippen LogP contribution in [0.5, 0.6) is 0 Å². The van der Waals surface area contributed by atoms with Crippen LogP contribution in [0.2, 0.25) is 5.09 Å². The Bertz CT molecular complexity index is 30.2. The van der Waals surface area contributed by atoms with Crippen LogP contribution in [0.1, 0.15) is 33.6 Å². The summed E-state index contributed by atoms with van der Waals surface area (Å²) in [6.07, 6.45) is 2.73. The molecule has 2 heteroatoms. The zero-order valence-corrected chi connectivity index (χ0v) is 7.94. The molecule has 0 aliphatic rings. The second-order valence-corrected chi connectivity index (χ2v) is 2.14. The predicted octanol–water partition coefficient (Wildman–Crippen LogP) is 2.42. The van der Waals surface area contributed by atoms with Gasteiger partial charge in [-0.1, -0.05) is 0 Å². The van der Waals surface area contributed by atoms with Crippen molar-refractivity contribution in [2.75, 3.05) is 13.2 Å². The van der Waals surface area contributed by atoms with Gasteiger partial charge in [0.25, 0.3) is 0 Å². The quantitative estimate of drug-likeness (QED) is 0.542. The molecule has 0 unspecified atom stereocenters. The first-order valence-corrected chi connectivity index (χ1v) is 4.41. The fraction of sp³-hybridized carbons (Fsp3) is 1.00. The Labute approximate surface area is 74.7 Å². The van der Waals surface area contributed by atoms with E-state index in [2.05, 4.69) is 24.6 Å². The van der Waals surface area contributed by atoms with Crippen molar-refractivity contribution in [3.05, 3.63) is 0 Å². The summed E-state index contributed by atoms with van der Waals surface area (Å²) >= 11 is 2.21. The standard InChI is InChI=1S/C4H10O.C4H9.Li/c1-3-5-4-2;1-3-4-2;/h3-4H2,1-2H3;1,3-4H2,2H3;. The average molecular weight is 138 g/mol. The van der Waals surface area contributed by atoms with Gasteiger partial charge in [0.1, 0.15) is 0 Å². The number of hydrogen-bond acceptors (Lipinski definition) is 1. The summed E-state index contributed by atoms with van der Waals surface area (Å²) in [5, 5.41) is 1.34. The van der Waals surface area contributed by atoms with Gasteiger partial charge in [-0.3, -0.25) is 0 Å². The molecule has 58 valence electrons. The van der Waals surface area contributed by atoms with Crippen molar-refractivity contribution < 1.29 is 4.74 Å². The van der Waals surface area contributed by atoms with Crippen LogP contribution in [0, 0.1) is 0 Å². The maximum atomic E-state index is 4.83. The Kier molecular flexibility index (Phi) is 21.4. The van der Waals surface area contributed by atoms with Gasteiger partial charge in [-0.15, -0.1) is 0 Å². The summed E-state index contributed by atoms with van der Waals surface area (Å²) in [6.45, 7) is 7.88. The average Bonchev–Trinajstić information content (AvgIpc) is 1.93. The molecule has 0 aliphatic heterocycles. The molecular weight excluding hydrogens is 119 g/mol. The number of hydrogen-bond donors (Lipinski definition) is 0. The third kappa shape index (κ3) is 23.5. The van der Waals surface area contributed by atoms with E-state index >= 15 is 0 Å². The first-order valence-electron chi connectivity index (χ1n) is 4.41. The van der Waals surface area contributed by atoms with E-state index in [1.165, 1.54) is 17.9 Å². The molecule has 0 aliphatic carbocycles. The zero-order chi connectivity index (χ0) is 8.24. The molecule has 0 rings (SSSR count). The van der Waals surface area contributed by atoms with E-state index in [0.717, 1.165) is 13.2 Å². The molecule has 10 heavy (non-hydrogen) atoms. The van der Waals surface area contributed by atoms with Crippen LogP contribution in [0.3, 0.4) is 0 Å². The van der Waals surface area contributed by atoms with E-state index in [9.17, 15) is 0 Å². The zero-order valence-electron chi connectivity index (χ0n) is 7.94. The molecule has 0 aromatic heterocycles. The molecule has 1 nitrogen and oxygen atoms in total. The second-order valence-electron chi connectivity index (χ2n) is 2.14. The van der Waals surface area contributed by atoms with Crippen molar-refractivity contribution in [2.45, 2.75) is 38.7 Å². The molecule has 0 spiro atoms. The van der Waals surface area contributed by atoms with E-state index in [4.69, 9.17) is 4.74 Å². The van der Waals surface area contributed by atoms with Crippen molar-refractivity contribution >= 4 is 17.7 Å². The molecule has 0 saturated heterocycles. The van der Waals surface area contributed by atoms with Crippen LogP contribution in [0.4, 0.5) is 0 Å². The monoisotopic (exact) mass is 138 g/mol. The molecule has 0 N–H and O–H groups in total. The van der Waals surface area contributed by atoms with Gasteiger partial charge in [0.2, 0.25) is 0 Å². The van der Waals surface area contributed by atoms with E-state index in [1.807, 2.05) is 13.8 Å². The molecule has 0 aromatic carbocycles. The van der Waals surface area contributed by atoms with E-state index in [1.54, 1.807) is 0 Å². The first-order chi connectivity index (χ1) is 4.83. The molecule has 0 bridgehead atoms. The SMILES string of the molecule is CCOCC.[Li][CH2]CCC. The second kappa shape index (κ2) is 16.3. The minimum absolute atomic E-state index is 0.844. The summed E-state index contributed by atoms with van der Waals surface area (Å²) in [7, 11) is 0. The molecule has 0 aromatic rings. The number of unbranched alkanes of at least 4 members (excludes halogenated alkanes) is 1. The summed E-state index contributed by atoms with van der Waals surface area (Å²) in [4.78, 5) is 0. The number of ether oxygens (including phenoxy) is 1. The molecule has 0 fully saturated rings. The van der Waals surface area contributed by atoms with Crippen LogP contribution >= 0.6 is 0 Å². The van der Waals surface area contributed by atoms with Crippen LogP contribution in [0.25, 0.3) is 0 Å². The van der Waals surface area contributed by atoms with Crippen molar-refractivity contribution in [1.29, 1.82) is 0 Å². The fourth-order valence-corrected chi connectivity index (χ4v) is 0.558. The van der Waals surface area contributed by atoms with Gasteiger partial charge in [-0.2, -0.15) is 0 Å². The minimum atomic E-state index is 0.844. The van der Waals surface area contributed by atoms with Crippen molar-refractivity contribution in [3.8, 4) is 0 Å². The Morgan fingerprint density at radius 1 is 1.10 bits per heavy atom. The van der Waals surface area contributed by atoms with Crippen LogP contribution in [0.15, 0.2) is 0 Å². The molecular formula is C8H19LiO. The van der Waals surface area contributed by atoms with Gasteiger partial charge in [0, 0.05) is 13.2 Å². The maximum absolute atomic E-state index is 4.83. The van der Waals surface area contributed by atoms with Gasteiger partial charge in [-0.25, -0.2) is 0 Å². The summed E-state index contributed by atoms with van der Waals surface area (Å²) in [5.74, 6) is 0. The van der Waals surface area contributed by atoms with Gasteiger partial charge in [-0.05, 0) is 13.8 Å². The predicted molar refractivity (Wildman–Crippen MR) is 47.6 cm³/mol. The third-order valence-corrected chi connectivity index (χ3v) is 1.12. The topological polar surface area (TPSA) is 9.23 Å². The fourth-order valence-electron chi connectivity index (χ4n) is 0.558. The van der Waals surface area contributed by atoms with Crippen molar-refractivity contribution in [3.63, 3.8) is 0 Å². The Morgan fingerprint density at radius 2 is 1.60 bits per heavy atom. The summed E-state index contributed by atoms with van der Waals surface area (Å²) in [5.41, 5.74) is 0. The Balaban J connectivity index is 0. The van der Waals surface area contributed by atoms with Crippen LogP contribution < -0.4 is 0 Å². The van der Waals surface area contributed by atoms with Gasteiger partial charge < -0.3 is 4.74 Å². The van der Waals surface area contributed by atoms with Crippen LogP contribution in [-0.2, 0) is 4.74 Å². The Hall–Kier alpha value is 0.557. The van der Waals surface area contributed by atoms with Crippen molar-refractivity contribution in [1.82, 2.24) is 0 Å². The Morgan fingerprint density at radius 3 is 1.60 bits per heavy atom. The van der Waals surface area contributed by atoms with E-state index in [-0.39, 0.29) is 0 Å². The normalized spacial score (nSPS) is 8.50. The van der Waals surface area contributed by atoms with Gasteiger partial charge in [0.05, 0.1) is 0 Å². The molecule has 0 atom stereocenters. The van der Waals surface area contributed by atoms with Crippen LogP contribution in [-0.4, -0.2) is 30.9 Å². The van der Waals surface area contributed by atoms with E-state index < -0.39 is 0 Å². The molecule has 0 saturated carbocycles. The van der Waals surface area contributed by atoms with Gasteiger partial charge in [0.15, 0.2) is 0 Å². The molecule has 0 heterocycles. The number of rotatable bonds is 4. The van der Waals surface area contributed by atoms with Gasteiger partial charge >= 0.3 is 42.6 Å². The molecule has 0 amide bonds. The third-order valence-electron chi connectivity index (χ3n) is 1.12. The van der Waals surface area contributed by atoms with Crippen molar-refractivity contribution in [2.24, 2.45) is 0 Å². The summed E-state index contributed by atoms with van der Waals surface area (Å²) in [6, 6.07) is 0. The first kappa shape index (κ1) is 13.2.